The van der Waals surface area contributed by atoms with Crippen LogP contribution in [0.2, 0.25) is 5.02 Å². The van der Waals surface area contributed by atoms with Gasteiger partial charge in [0.25, 0.3) is 0 Å². The van der Waals surface area contributed by atoms with Crippen LogP contribution in [0.3, 0.4) is 0 Å². The minimum absolute atomic E-state index is 0.127. The lowest BCUT2D eigenvalue weighted by molar-refractivity contribution is -0.113. The zero-order valence-corrected chi connectivity index (χ0v) is 14.8. The molecule has 1 amide bonds. The quantitative estimate of drug-likeness (QED) is 0.784. The Morgan fingerprint density at radius 1 is 1.17 bits per heavy atom. The van der Waals surface area contributed by atoms with Crippen LogP contribution in [-0.4, -0.2) is 25.9 Å². The van der Waals surface area contributed by atoms with Gasteiger partial charge in [-0.2, -0.15) is 0 Å². The smallest absolute Gasteiger partial charge is 0.234 e. The zero-order chi connectivity index (χ0) is 16.8. The summed E-state index contributed by atoms with van der Waals surface area (Å²) in [5.74, 6) is 1.17. The van der Waals surface area contributed by atoms with Gasteiger partial charge in [0.15, 0.2) is 0 Å². The van der Waals surface area contributed by atoms with E-state index in [-0.39, 0.29) is 5.91 Å². The highest BCUT2D eigenvalue weighted by molar-refractivity contribution is 8.00. The molecule has 0 saturated carbocycles. The van der Waals surface area contributed by atoms with E-state index in [1.807, 2.05) is 31.2 Å². The summed E-state index contributed by atoms with van der Waals surface area (Å²) in [5.41, 5.74) is 1.67. The highest BCUT2D eigenvalue weighted by Crippen LogP contribution is 2.36. The summed E-state index contributed by atoms with van der Waals surface area (Å²) in [5, 5.41) is 3.23. The van der Waals surface area contributed by atoms with Crippen molar-refractivity contribution >= 4 is 35.0 Å². The first-order chi connectivity index (χ1) is 11.0. The van der Waals surface area contributed by atoms with E-state index >= 15 is 0 Å². The summed E-state index contributed by atoms with van der Waals surface area (Å²) in [6, 6.07) is 11.2. The lowest BCUT2D eigenvalue weighted by Gasteiger charge is -2.13. The minimum Gasteiger partial charge on any atom is -0.495 e. The van der Waals surface area contributed by atoms with Crippen molar-refractivity contribution in [3.05, 3.63) is 47.0 Å². The molecule has 122 valence electrons. The van der Waals surface area contributed by atoms with E-state index in [0.29, 0.717) is 28.0 Å². The van der Waals surface area contributed by atoms with Crippen molar-refractivity contribution in [1.29, 1.82) is 0 Å². The van der Waals surface area contributed by atoms with Crippen LogP contribution in [-0.2, 0) is 4.79 Å². The third-order valence-electron chi connectivity index (χ3n) is 3.20. The first-order valence-corrected chi connectivity index (χ1v) is 8.31. The van der Waals surface area contributed by atoms with Gasteiger partial charge in [0.1, 0.15) is 11.5 Å². The molecule has 0 radical (unpaired) electrons. The fourth-order valence-corrected chi connectivity index (χ4v) is 3.08. The molecule has 2 aromatic carbocycles. The van der Waals surface area contributed by atoms with Crippen molar-refractivity contribution in [3.8, 4) is 11.5 Å². The molecule has 4 nitrogen and oxygen atoms in total. The molecular weight excluding hydrogens is 334 g/mol. The maximum atomic E-state index is 12.2. The van der Waals surface area contributed by atoms with Gasteiger partial charge in [-0.1, -0.05) is 29.8 Å². The van der Waals surface area contributed by atoms with Crippen LogP contribution in [0.25, 0.3) is 0 Å². The lowest BCUT2D eigenvalue weighted by Crippen LogP contribution is -2.15. The van der Waals surface area contributed by atoms with Gasteiger partial charge in [-0.05, 0) is 24.6 Å². The predicted molar refractivity (Wildman–Crippen MR) is 95.1 cm³/mol. The molecule has 0 aromatic heterocycles. The maximum Gasteiger partial charge on any atom is 0.234 e. The number of halogens is 1. The standard InChI is InChI=1S/C17H18ClNO3S/c1-11-6-4-5-7-16(11)23-10-17(20)19-13-8-12(18)14(21-2)9-15(13)22-3/h4-9H,10H2,1-3H3,(H,19,20). The van der Waals surface area contributed by atoms with Gasteiger partial charge in [-0.3, -0.25) is 4.79 Å². The predicted octanol–water partition coefficient (Wildman–Crippen LogP) is 4.40. The first kappa shape index (κ1) is 17.5. The average molecular weight is 352 g/mol. The number of ether oxygens (including phenoxy) is 2. The van der Waals surface area contributed by atoms with E-state index in [4.69, 9.17) is 21.1 Å². The molecule has 0 aliphatic carbocycles. The molecule has 0 unspecified atom stereocenters. The number of carbonyl (C=O) groups is 1. The van der Waals surface area contributed by atoms with Crippen molar-refractivity contribution in [1.82, 2.24) is 0 Å². The molecule has 23 heavy (non-hydrogen) atoms. The Labute approximate surface area is 145 Å². The van der Waals surface area contributed by atoms with Gasteiger partial charge >= 0.3 is 0 Å². The number of amides is 1. The molecule has 0 heterocycles. The number of hydrogen-bond donors (Lipinski definition) is 1. The Hall–Kier alpha value is -1.85. The summed E-state index contributed by atoms with van der Waals surface area (Å²) in [6.07, 6.45) is 0. The molecule has 1 N–H and O–H groups in total. The second kappa shape index (κ2) is 8.13. The Morgan fingerprint density at radius 2 is 1.87 bits per heavy atom. The van der Waals surface area contributed by atoms with E-state index in [2.05, 4.69) is 5.32 Å². The van der Waals surface area contributed by atoms with Gasteiger partial charge < -0.3 is 14.8 Å². The van der Waals surface area contributed by atoms with E-state index in [1.165, 1.54) is 26.0 Å². The Balaban J connectivity index is 2.05. The van der Waals surface area contributed by atoms with E-state index in [9.17, 15) is 4.79 Å². The number of methoxy groups -OCH3 is 2. The van der Waals surface area contributed by atoms with Gasteiger partial charge in [0.05, 0.1) is 30.7 Å². The summed E-state index contributed by atoms with van der Waals surface area (Å²) in [6.45, 7) is 2.02. The average Bonchev–Trinajstić information content (AvgIpc) is 2.54. The number of nitrogens with one attached hydrogen (secondary N) is 1. The highest BCUT2D eigenvalue weighted by Gasteiger charge is 2.13. The van der Waals surface area contributed by atoms with E-state index in [1.54, 1.807) is 12.1 Å². The summed E-state index contributed by atoms with van der Waals surface area (Å²) >= 11 is 7.59. The van der Waals surface area contributed by atoms with Crippen molar-refractivity contribution < 1.29 is 14.3 Å². The van der Waals surface area contributed by atoms with Crippen LogP contribution in [0, 0.1) is 6.92 Å². The lowest BCUT2D eigenvalue weighted by atomic mass is 10.2. The molecule has 6 heteroatoms. The number of aryl methyl sites for hydroxylation is 1. The molecule has 0 aliphatic heterocycles. The normalized spacial score (nSPS) is 10.3. The molecule has 0 saturated heterocycles. The number of hydrogen-bond acceptors (Lipinski definition) is 4. The summed E-state index contributed by atoms with van der Waals surface area (Å²) < 4.78 is 10.4. The SMILES string of the molecule is COc1cc(OC)c(NC(=O)CSc2ccccc2C)cc1Cl. The van der Waals surface area contributed by atoms with Crippen LogP contribution >= 0.6 is 23.4 Å². The Morgan fingerprint density at radius 3 is 2.52 bits per heavy atom. The third-order valence-corrected chi connectivity index (χ3v) is 4.67. The van der Waals surface area contributed by atoms with Gasteiger partial charge in [-0.15, -0.1) is 11.8 Å². The number of carbonyl (C=O) groups excluding carboxylic acids is 1. The van der Waals surface area contributed by atoms with Gasteiger partial charge in [-0.25, -0.2) is 0 Å². The van der Waals surface area contributed by atoms with Crippen LogP contribution in [0.4, 0.5) is 5.69 Å². The fourth-order valence-electron chi connectivity index (χ4n) is 2.01. The second-order valence-corrected chi connectivity index (χ2v) is 6.21. The minimum atomic E-state index is -0.127. The Bertz CT molecular complexity index is 706. The number of thioether (sulfide) groups is 1. The molecule has 0 fully saturated rings. The molecular formula is C17H18ClNO3S. The van der Waals surface area contributed by atoms with Crippen LogP contribution in [0.5, 0.6) is 11.5 Å². The van der Waals surface area contributed by atoms with Crippen molar-refractivity contribution in [2.45, 2.75) is 11.8 Å². The highest BCUT2D eigenvalue weighted by atomic mass is 35.5. The zero-order valence-electron chi connectivity index (χ0n) is 13.2. The monoisotopic (exact) mass is 351 g/mol. The second-order valence-electron chi connectivity index (χ2n) is 4.79. The number of benzene rings is 2. The van der Waals surface area contributed by atoms with Crippen molar-refractivity contribution in [2.75, 3.05) is 25.3 Å². The molecule has 0 spiro atoms. The number of anilines is 1. The van der Waals surface area contributed by atoms with Crippen LogP contribution in [0.15, 0.2) is 41.3 Å². The molecule has 0 bridgehead atoms. The Kier molecular flexibility index (Phi) is 6.19. The van der Waals surface area contributed by atoms with Crippen LogP contribution in [0.1, 0.15) is 5.56 Å². The number of rotatable bonds is 6. The molecule has 0 atom stereocenters. The van der Waals surface area contributed by atoms with Crippen LogP contribution < -0.4 is 14.8 Å². The summed E-state index contributed by atoms with van der Waals surface area (Å²) in [7, 11) is 3.05. The molecule has 2 aromatic rings. The first-order valence-electron chi connectivity index (χ1n) is 6.95. The maximum absolute atomic E-state index is 12.2. The van der Waals surface area contributed by atoms with Crippen molar-refractivity contribution in [2.24, 2.45) is 0 Å². The van der Waals surface area contributed by atoms with E-state index in [0.717, 1.165) is 10.5 Å². The molecule has 0 aliphatic rings. The van der Waals surface area contributed by atoms with Gasteiger partial charge in [0, 0.05) is 11.0 Å². The molecule has 2 rings (SSSR count). The fraction of sp³-hybridized carbons (Fsp3) is 0.235. The van der Waals surface area contributed by atoms with E-state index < -0.39 is 0 Å². The van der Waals surface area contributed by atoms with Gasteiger partial charge in [0.2, 0.25) is 5.91 Å². The topological polar surface area (TPSA) is 47.6 Å². The largest absolute Gasteiger partial charge is 0.495 e. The van der Waals surface area contributed by atoms with Crippen molar-refractivity contribution in [3.63, 3.8) is 0 Å². The third kappa shape index (κ3) is 4.56. The summed E-state index contributed by atoms with van der Waals surface area (Å²) in [4.78, 5) is 13.3.